The molecule has 0 unspecified atom stereocenters. The van der Waals surface area contributed by atoms with E-state index in [2.05, 4.69) is 24.1 Å². The van der Waals surface area contributed by atoms with E-state index in [0.29, 0.717) is 5.92 Å². The van der Waals surface area contributed by atoms with E-state index in [0.717, 1.165) is 48.9 Å². The molecule has 0 spiro atoms. The van der Waals surface area contributed by atoms with Crippen molar-refractivity contribution in [3.8, 4) is 11.3 Å². The Balaban J connectivity index is 1.78. The fourth-order valence-corrected chi connectivity index (χ4v) is 1.89. The molecule has 104 valence electrons. The van der Waals surface area contributed by atoms with Crippen molar-refractivity contribution < 1.29 is 8.83 Å². The molecule has 0 aliphatic rings. The van der Waals surface area contributed by atoms with Gasteiger partial charge >= 0.3 is 0 Å². The zero-order valence-corrected chi connectivity index (χ0v) is 11.9. The molecule has 2 aromatic rings. The fraction of sp³-hybridized carbons (Fsp3) is 0.533. The van der Waals surface area contributed by atoms with Gasteiger partial charge in [0.15, 0.2) is 11.7 Å². The number of rotatable bonds is 7. The van der Waals surface area contributed by atoms with E-state index < -0.39 is 0 Å². The third-order valence-corrected chi connectivity index (χ3v) is 2.87. The van der Waals surface area contributed by atoms with Crippen molar-refractivity contribution >= 4 is 0 Å². The summed E-state index contributed by atoms with van der Waals surface area (Å²) >= 11 is 0. The molecule has 2 heterocycles. The van der Waals surface area contributed by atoms with Gasteiger partial charge in [-0.1, -0.05) is 13.8 Å². The largest absolute Gasteiger partial charge is 0.469 e. The Morgan fingerprint density at radius 2 is 2.21 bits per heavy atom. The van der Waals surface area contributed by atoms with Crippen LogP contribution in [-0.2, 0) is 6.42 Å². The summed E-state index contributed by atoms with van der Waals surface area (Å²) in [4.78, 5) is 4.30. The molecule has 19 heavy (non-hydrogen) atoms. The van der Waals surface area contributed by atoms with Gasteiger partial charge in [0.05, 0.1) is 11.8 Å². The summed E-state index contributed by atoms with van der Waals surface area (Å²) in [6.45, 7) is 8.40. The van der Waals surface area contributed by atoms with E-state index >= 15 is 0 Å². The first-order valence-electron chi connectivity index (χ1n) is 6.86. The topological polar surface area (TPSA) is 51.2 Å². The molecule has 0 radical (unpaired) electrons. The minimum atomic E-state index is 0.692. The van der Waals surface area contributed by atoms with Crippen molar-refractivity contribution in [1.29, 1.82) is 0 Å². The second-order valence-corrected chi connectivity index (χ2v) is 5.27. The maximum atomic E-state index is 5.71. The van der Waals surface area contributed by atoms with Crippen LogP contribution in [-0.4, -0.2) is 18.1 Å². The van der Waals surface area contributed by atoms with Gasteiger partial charge in [-0.2, -0.15) is 0 Å². The molecular weight excluding hydrogens is 240 g/mol. The van der Waals surface area contributed by atoms with Crippen LogP contribution in [0.1, 0.15) is 31.9 Å². The van der Waals surface area contributed by atoms with Crippen molar-refractivity contribution in [1.82, 2.24) is 10.3 Å². The predicted octanol–water partition coefficient (Wildman–Crippen LogP) is 3.42. The van der Waals surface area contributed by atoms with Crippen molar-refractivity contribution in [3.63, 3.8) is 0 Å². The zero-order chi connectivity index (χ0) is 13.7. The van der Waals surface area contributed by atoms with Crippen molar-refractivity contribution in [2.45, 2.75) is 33.6 Å². The maximum Gasteiger partial charge on any atom is 0.194 e. The number of nitrogens with zero attached hydrogens (tertiary/aromatic N) is 1. The lowest BCUT2D eigenvalue weighted by atomic mass is 10.2. The number of nitrogens with one attached hydrogen (secondary N) is 1. The summed E-state index contributed by atoms with van der Waals surface area (Å²) in [6, 6.07) is 1.95. The minimum absolute atomic E-state index is 0.692. The molecule has 0 amide bonds. The number of hydrogen-bond acceptors (Lipinski definition) is 4. The second-order valence-electron chi connectivity index (χ2n) is 5.27. The van der Waals surface area contributed by atoms with Crippen LogP contribution in [0.3, 0.4) is 0 Å². The van der Waals surface area contributed by atoms with Crippen molar-refractivity contribution in [3.05, 3.63) is 30.2 Å². The summed E-state index contributed by atoms with van der Waals surface area (Å²) < 4.78 is 11.0. The van der Waals surface area contributed by atoms with E-state index in [1.165, 1.54) is 0 Å². The first kappa shape index (κ1) is 13.9. The predicted molar refractivity (Wildman–Crippen MR) is 75.0 cm³/mol. The highest BCUT2D eigenvalue weighted by Gasteiger charge is 2.08. The van der Waals surface area contributed by atoms with Crippen LogP contribution in [0.25, 0.3) is 11.3 Å². The lowest BCUT2D eigenvalue weighted by Crippen LogP contribution is -2.21. The average Bonchev–Trinajstić information content (AvgIpc) is 2.97. The Morgan fingerprint density at radius 1 is 1.37 bits per heavy atom. The smallest absolute Gasteiger partial charge is 0.194 e. The van der Waals surface area contributed by atoms with Gasteiger partial charge in [-0.25, -0.2) is 4.98 Å². The second kappa shape index (κ2) is 6.57. The normalized spacial score (nSPS) is 11.4. The van der Waals surface area contributed by atoms with Gasteiger partial charge in [-0.05, 0) is 38.4 Å². The Kier molecular flexibility index (Phi) is 4.80. The van der Waals surface area contributed by atoms with E-state index in [-0.39, 0.29) is 0 Å². The Hall–Kier alpha value is -1.55. The number of aryl methyl sites for hydroxylation is 2. The molecule has 0 atom stereocenters. The van der Waals surface area contributed by atoms with E-state index in [9.17, 15) is 0 Å². The number of oxazole rings is 1. The van der Waals surface area contributed by atoms with Crippen molar-refractivity contribution in [2.24, 2.45) is 5.92 Å². The van der Waals surface area contributed by atoms with Crippen LogP contribution in [0.15, 0.2) is 27.4 Å². The van der Waals surface area contributed by atoms with Crippen LogP contribution in [0.2, 0.25) is 0 Å². The molecule has 0 bridgehead atoms. The molecule has 1 N–H and O–H groups in total. The van der Waals surface area contributed by atoms with Crippen LogP contribution >= 0.6 is 0 Å². The molecule has 0 aliphatic heterocycles. The van der Waals surface area contributed by atoms with Gasteiger partial charge in [0.1, 0.15) is 12.0 Å². The monoisotopic (exact) mass is 262 g/mol. The van der Waals surface area contributed by atoms with Crippen molar-refractivity contribution in [2.75, 3.05) is 13.1 Å². The van der Waals surface area contributed by atoms with Gasteiger partial charge in [-0.15, -0.1) is 0 Å². The Labute approximate surface area is 114 Å². The quantitative estimate of drug-likeness (QED) is 0.777. The Morgan fingerprint density at radius 3 is 2.89 bits per heavy atom. The third kappa shape index (κ3) is 4.24. The molecule has 0 fully saturated rings. The molecule has 0 aliphatic carbocycles. The molecule has 0 saturated heterocycles. The first-order chi connectivity index (χ1) is 9.15. The van der Waals surface area contributed by atoms with Crippen LogP contribution < -0.4 is 5.32 Å². The summed E-state index contributed by atoms with van der Waals surface area (Å²) in [7, 11) is 0. The number of hydrogen-bond donors (Lipinski definition) is 1. The van der Waals surface area contributed by atoms with Crippen LogP contribution in [0.4, 0.5) is 0 Å². The van der Waals surface area contributed by atoms with Gasteiger partial charge in [0.2, 0.25) is 0 Å². The molecule has 4 nitrogen and oxygen atoms in total. The summed E-state index contributed by atoms with van der Waals surface area (Å²) in [5, 5.41) is 3.41. The van der Waals surface area contributed by atoms with Gasteiger partial charge in [-0.3, -0.25) is 0 Å². The van der Waals surface area contributed by atoms with Gasteiger partial charge in [0.25, 0.3) is 0 Å². The number of aromatic nitrogens is 1. The lowest BCUT2D eigenvalue weighted by Gasteiger charge is -2.05. The number of furan rings is 1. The summed E-state index contributed by atoms with van der Waals surface area (Å²) in [6.07, 6.45) is 5.37. The van der Waals surface area contributed by atoms with E-state index in [1.807, 2.05) is 13.0 Å². The van der Waals surface area contributed by atoms with E-state index in [1.54, 1.807) is 12.5 Å². The minimum Gasteiger partial charge on any atom is -0.469 e. The highest BCUT2D eigenvalue weighted by molar-refractivity contribution is 5.55. The third-order valence-electron chi connectivity index (χ3n) is 2.87. The van der Waals surface area contributed by atoms with Gasteiger partial charge < -0.3 is 14.2 Å². The standard InChI is InChI=1S/C15H22N2O2/c1-11(2)8-16-6-4-5-15-17-9-14(19-15)13-7-12(3)18-10-13/h7,9-11,16H,4-6,8H2,1-3H3. The van der Waals surface area contributed by atoms with Crippen LogP contribution in [0, 0.1) is 12.8 Å². The SMILES string of the molecule is Cc1cc(-c2cnc(CCCNCC(C)C)o2)co1. The fourth-order valence-electron chi connectivity index (χ4n) is 1.89. The molecule has 2 rings (SSSR count). The molecular formula is C15H22N2O2. The maximum absolute atomic E-state index is 5.71. The van der Waals surface area contributed by atoms with E-state index in [4.69, 9.17) is 8.83 Å². The molecule has 4 heteroatoms. The molecule has 0 aromatic carbocycles. The molecule has 0 saturated carbocycles. The highest BCUT2D eigenvalue weighted by atomic mass is 16.4. The highest BCUT2D eigenvalue weighted by Crippen LogP contribution is 2.22. The first-order valence-corrected chi connectivity index (χ1v) is 6.86. The average molecular weight is 262 g/mol. The molecule has 2 aromatic heterocycles. The Bertz CT molecular complexity index is 500. The summed E-state index contributed by atoms with van der Waals surface area (Å²) in [5.41, 5.74) is 0.953. The summed E-state index contributed by atoms with van der Waals surface area (Å²) in [5.74, 6) is 3.14. The van der Waals surface area contributed by atoms with Crippen LogP contribution in [0.5, 0.6) is 0 Å². The zero-order valence-electron chi connectivity index (χ0n) is 11.9. The van der Waals surface area contributed by atoms with Gasteiger partial charge in [0, 0.05) is 6.42 Å². The lowest BCUT2D eigenvalue weighted by molar-refractivity contribution is 0.482.